The van der Waals surface area contributed by atoms with Crippen molar-refractivity contribution >= 4 is 11.9 Å². The average molecular weight is 303 g/mol. The van der Waals surface area contributed by atoms with Crippen LogP contribution in [0.4, 0.5) is 0 Å². The first kappa shape index (κ1) is 16.1. The Morgan fingerprint density at radius 3 is 2.68 bits per heavy atom. The van der Waals surface area contributed by atoms with E-state index in [9.17, 15) is 9.59 Å². The molecule has 0 spiro atoms. The van der Waals surface area contributed by atoms with E-state index >= 15 is 0 Å². The maximum atomic E-state index is 12.3. The molecule has 1 saturated heterocycles. The molecule has 0 aliphatic carbocycles. The predicted molar refractivity (Wildman–Crippen MR) is 82.3 cm³/mol. The molecule has 5 heteroatoms. The Hall–Kier alpha value is -2.30. The summed E-state index contributed by atoms with van der Waals surface area (Å²) in [7, 11) is 1.60. The SMILES string of the molecule is C=CCOC(=O)C1(C)CCC(=O)N1Cc1ccc(OC)cc1. The largest absolute Gasteiger partial charge is 0.497 e. The highest BCUT2D eigenvalue weighted by Gasteiger charge is 2.48. The van der Waals surface area contributed by atoms with E-state index in [4.69, 9.17) is 9.47 Å². The summed E-state index contributed by atoms with van der Waals surface area (Å²) < 4.78 is 10.3. The lowest BCUT2D eigenvalue weighted by molar-refractivity contribution is -0.158. The van der Waals surface area contributed by atoms with Crippen LogP contribution >= 0.6 is 0 Å². The van der Waals surface area contributed by atoms with Crippen molar-refractivity contribution < 1.29 is 19.1 Å². The van der Waals surface area contributed by atoms with Crippen molar-refractivity contribution in [3.05, 3.63) is 42.5 Å². The zero-order valence-corrected chi connectivity index (χ0v) is 13.0. The third-order valence-electron chi connectivity index (χ3n) is 3.99. The van der Waals surface area contributed by atoms with Gasteiger partial charge in [0.1, 0.15) is 17.9 Å². The van der Waals surface area contributed by atoms with Crippen LogP contribution in [0.1, 0.15) is 25.3 Å². The van der Waals surface area contributed by atoms with Gasteiger partial charge >= 0.3 is 5.97 Å². The number of hydrogen-bond donors (Lipinski definition) is 0. The molecule has 1 atom stereocenters. The van der Waals surface area contributed by atoms with Crippen molar-refractivity contribution in [2.75, 3.05) is 13.7 Å². The smallest absolute Gasteiger partial charge is 0.332 e. The minimum absolute atomic E-state index is 0.0335. The van der Waals surface area contributed by atoms with E-state index in [0.29, 0.717) is 19.4 Å². The number of carbonyl (C=O) groups excluding carboxylic acids is 2. The molecule has 0 bridgehead atoms. The Bertz CT molecular complexity index is 567. The summed E-state index contributed by atoms with van der Waals surface area (Å²) >= 11 is 0. The van der Waals surface area contributed by atoms with Gasteiger partial charge in [0.2, 0.25) is 5.91 Å². The van der Waals surface area contributed by atoms with E-state index in [2.05, 4.69) is 6.58 Å². The maximum Gasteiger partial charge on any atom is 0.332 e. The quantitative estimate of drug-likeness (QED) is 0.598. The number of amides is 1. The Labute approximate surface area is 130 Å². The van der Waals surface area contributed by atoms with Gasteiger partial charge in [-0.3, -0.25) is 4.79 Å². The van der Waals surface area contributed by atoms with Crippen LogP contribution < -0.4 is 4.74 Å². The summed E-state index contributed by atoms with van der Waals surface area (Å²) in [6.07, 6.45) is 2.35. The Morgan fingerprint density at radius 2 is 2.09 bits per heavy atom. The van der Waals surface area contributed by atoms with Crippen molar-refractivity contribution in [1.82, 2.24) is 4.90 Å². The lowest BCUT2D eigenvalue weighted by atomic mass is 9.98. The van der Waals surface area contributed by atoms with Crippen molar-refractivity contribution in [2.24, 2.45) is 0 Å². The molecule has 1 aliphatic rings. The second kappa shape index (κ2) is 6.64. The van der Waals surface area contributed by atoms with Gasteiger partial charge in [0.05, 0.1) is 7.11 Å². The monoisotopic (exact) mass is 303 g/mol. The van der Waals surface area contributed by atoms with Crippen molar-refractivity contribution in [1.29, 1.82) is 0 Å². The molecule has 0 saturated carbocycles. The summed E-state index contributed by atoms with van der Waals surface area (Å²) in [5, 5.41) is 0. The topological polar surface area (TPSA) is 55.8 Å². The van der Waals surface area contributed by atoms with Gasteiger partial charge in [-0.1, -0.05) is 24.8 Å². The average Bonchev–Trinajstić information content (AvgIpc) is 2.83. The van der Waals surface area contributed by atoms with E-state index in [0.717, 1.165) is 11.3 Å². The van der Waals surface area contributed by atoms with Gasteiger partial charge in [-0.2, -0.15) is 0 Å². The fraction of sp³-hybridized carbons (Fsp3) is 0.412. The maximum absolute atomic E-state index is 12.3. The number of benzene rings is 1. The fourth-order valence-electron chi connectivity index (χ4n) is 2.57. The number of hydrogen-bond acceptors (Lipinski definition) is 4. The van der Waals surface area contributed by atoms with E-state index in [1.54, 1.807) is 18.9 Å². The Morgan fingerprint density at radius 1 is 1.41 bits per heavy atom. The van der Waals surface area contributed by atoms with Gasteiger partial charge in [-0.25, -0.2) is 4.79 Å². The van der Waals surface area contributed by atoms with Crippen molar-refractivity contribution in [3.63, 3.8) is 0 Å². The summed E-state index contributed by atoms with van der Waals surface area (Å²) in [6, 6.07) is 7.45. The zero-order valence-electron chi connectivity index (χ0n) is 13.0. The first-order valence-corrected chi connectivity index (χ1v) is 7.23. The van der Waals surface area contributed by atoms with E-state index in [1.807, 2.05) is 24.3 Å². The van der Waals surface area contributed by atoms with E-state index in [1.165, 1.54) is 6.08 Å². The van der Waals surface area contributed by atoms with E-state index < -0.39 is 5.54 Å². The summed E-state index contributed by atoms with van der Waals surface area (Å²) in [6.45, 7) is 5.82. The van der Waals surface area contributed by atoms with Gasteiger partial charge in [-0.05, 0) is 31.0 Å². The third-order valence-corrected chi connectivity index (χ3v) is 3.99. The van der Waals surface area contributed by atoms with Crippen LogP contribution in [-0.4, -0.2) is 36.0 Å². The van der Waals surface area contributed by atoms with Crippen LogP contribution in [0.15, 0.2) is 36.9 Å². The van der Waals surface area contributed by atoms with Crippen LogP contribution in [0.2, 0.25) is 0 Å². The van der Waals surface area contributed by atoms with Crippen molar-refractivity contribution in [3.8, 4) is 5.75 Å². The Balaban J connectivity index is 2.16. The Kier molecular flexibility index (Phi) is 4.85. The molecule has 1 aromatic rings. The minimum Gasteiger partial charge on any atom is -0.497 e. The molecule has 0 N–H and O–H groups in total. The number of methoxy groups -OCH3 is 1. The second-order valence-corrected chi connectivity index (χ2v) is 5.49. The molecule has 118 valence electrons. The number of esters is 1. The van der Waals surface area contributed by atoms with Crippen LogP contribution in [0.25, 0.3) is 0 Å². The molecule has 1 fully saturated rings. The van der Waals surface area contributed by atoms with Crippen molar-refractivity contribution in [2.45, 2.75) is 31.8 Å². The summed E-state index contributed by atoms with van der Waals surface area (Å²) in [4.78, 5) is 26.1. The van der Waals surface area contributed by atoms with E-state index in [-0.39, 0.29) is 18.5 Å². The van der Waals surface area contributed by atoms with Crippen LogP contribution in [-0.2, 0) is 20.9 Å². The number of nitrogens with zero attached hydrogens (tertiary/aromatic N) is 1. The molecule has 1 heterocycles. The normalized spacial score (nSPS) is 20.8. The van der Waals surface area contributed by atoms with Gasteiger partial charge < -0.3 is 14.4 Å². The van der Waals surface area contributed by atoms with Gasteiger partial charge in [0.15, 0.2) is 0 Å². The predicted octanol–water partition coefficient (Wildman–Crippen LogP) is 2.31. The minimum atomic E-state index is -0.917. The number of carbonyl (C=O) groups is 2. The molecule has 5 nitrogen and oxygen atoms in total. The molecule has 1 aromatic carbocycles. The van der Waals surface area contributed by atoms with Crippen LogP contribution in [0.5, 0.6) is 5.75 Å². The lowest BCUT2D eigenvalue weighted by Gasteiger charge is -2.33. The number of rotatable bonds is 6. The molecule has 0 radical (unpaired) electrons. The highest BCUT2D eigenvalue weighted by atomic mass is 16.5. The van der Waals surface area contributed by atoms with Gasteiger partial charge in [0, 0.05) is 13.0 Å². The molecule has 2 rings (SSSR count). The van der Waals surface area contributed by atoms with Gasteiger partial charge in [-0.15, -0.1) is 0 Å². The molecule has 0 aromatic heterocycles. The zero-order chi connectivity index (χ0) is 16.2. The molecular weight excluding hydrogens is 282 g/mol. The molecule has 1 amide bonds. The van der Waals surface area contributed by atoms with Crippen LogP contribution in [0.3, 0.4) is 0 Å². The highest BCUT2D eigenvalue weighted by Crippen LogP contribution is 2.33. The lowest BCUT2D eigenvalue weighted by Crippen LogP contribution is -2.50. The summed E-state index contributed by atoms with van der Waals surface area (Å²) in [5.74, 6) is 0.338. The molecular formula is C17H21NO4. The standard InChI is InChI=1S/C17H21NO4/c1-4-11-22-16(20)17(2)10-9-15(19)18(17)12-13-5-7-14(21-3)8-6-13/h4-8H,1,9-12H2,2-3H3. The molecule has 1 unspecified atom stereocenters. The summed E-state index contributed by atoms with van der Waals surface area (Å²) in [5.41, 5.74) is 0.0267. The third kappa shape index (κ3) is 3.13. The van der Waals surface area contributed by atoms with Gasteiger partial charge in [0.25, 0.3) is 0 Å². The fourth-order valence-corrected chi connectivity index (χ4v) is 2.57. The highest BCUT2D eigenvalue weighted by molar-refractivity contribution is 5.91. The molecule has 22 heavy (non-hydrogen) atoms. The molecule has 1 aliphatic heterocycles. The first-order chi connectivity index (χ1) is 10.5. The number of ether oxygens (including phenoxy) is 2. The second-order valence-electron chi connectivity index (χ2n) is 5.49. The number of likely N-dealkylation sites (tertiary alicyclic amines) is 1. The van der Waals surface area contributed by atoms with Crippen LogP contribution in [0, 0.1) is 0 Å². The first-order valence-electron chi connectivity index (χ1n) is 7.23.